The number of rotatable bonds is 4. The minimum atomic E-state index is 0.355. The molecule has 0 rings (SSSR count). The van der Waals surface area contributed by atoms with Gasteiger partial charge in [-0.3, -0.25) is 0 Å². The molecule has 0 aromatic carbocycles. The predicted octanol–water partition coefficient (Wildman–Crippen LogP) is 3.94. The van der Waals surface area contributed by atoms with Crippen LogP contribution in [0.15, 0.2) is 0 Å². The number of hydrogen-bond donors (Lipinski definition) is 0. The van der Waals surface area contributed by atoms with Crippen LogP contribution in [0.5, 0.6) is 0 Å². The van der Waals surface area contributed by atoms with Gasteiger partial charge in [0.1, 0.15) is 0 Å². The van der Waals surface area contributed by atoms with Crippen molar-refractivity contribution in [1.29, 1.82) is 0 Å². The maximum Gasteiger partial charge on any atom is -0.0323 e. The fourth-order valence-electron chi connectivity index (χ4n) is 1.02. The first kappa shape index (κ1) is 11.4. The van der Waals surface area contributed by atoms with Gasteiger partial charge in [-0.15, -0.1) is 7.92 Å². The predicted molar refractivity (Wildman–Crippen MR) is 56.9 cm³/mol. The average molecular weight is 174 g/mol. The Hall–Kier alpha value is 0.430. The molecular weight excluding hydrogens is 151 g/mol. The first-order valence-corrected chi connectivity index (χ1v) is 6.80. The lowest BCUT2D eigenvalue weighted by Gasteiger charge is -2.20. The highest BCUT2D eigenvalue weighted by Crippen LogP contribution is 2.35. The zero-order chi connectivity index (χ0) is 8.91. The van der Waals surface area contributed by atoms with Gasteiger partial charge in [0.25, 0.3) is 0 Å². The lowest BCUT2D eigenvalue weighted by Crippen LogP contribution is -2.07. The van der Waals surface area contributed by atoms with Crippen LogP contribution in [0.3, 0.4) is 0 Å². The molecular formula is C10H23P. The zero-order valence-corrected chi connectivity index (χ0v) is 9.67. The van der Waals surface area contributed by atoms with E-state index >= 15 is 0 Å². The summed E-state index contributed by atoms with van der Waals surface area (Å²) in [5, 5.41) is 0. The summed E-state index contributed by atoms with van der Waals surface area (Å²) in [7, 11) is 0.355. The molecule has 0 radical (unpaired) electrons. The van der Waals surface area contributed by atoms with Crippen molar-refractivity contribution < 1.29 is 0 Å². The summed E-state index contributed by atoms with van der Waals surface area (Å²) in [6, 6.07) is 0. The second-order valence-corrected chi connectivity index (χ2v) is 7.22. The molecule has 1 atom stereocenters. The van der Waals surface area contributed by atoms with Crippen LogP contribution in [-0.4, -0.2) is 19.0 Å². The molecule has 0 saturated heterocycles. The summed E-state index contributed by atoms with van der Waals surface area (Å²) in [4.78, 5) is 0. The van der Waals surface area contributed by atoms with Crippen molar-refractivity contribution in [2.24, 2.45) is 5.41 Å². The van der Waals surface area contributed by atoms with E-state index < -0.39 is 0 Å². The van der Waals surface area contributed by atoms with E-state index in [2.05, 4.69) is 34.4 Å². The van der Waals surface area contributed by atoms with Crippen molar-refractivity contribution in [3.8, 4) is 0 Å². The molecule has 0 heterocycles. The largest absolute Gasteiger partial charge is 0.110 e. The van der Waals surface area contributed by atoms with Gasteiger partial charge in [-0.05, 0) is 30.8 Å². The van der Waals surface area contributed by atoms with Gasteiger partial charge in [-0.2, -0.15) is 0 Å². The Labute approximate surface area is 73.5 Å². The topological polar surface area (TPSA) is 0 Å². The molecule has 1 heteroatoms. The van der Waals surface area contributed by atoms with E-state index in [0.29, 0.717) is 13.3 Å². The maximum absolute atomic E-state index is 2.44. The van der Waals surface area contributed by atoms with Crippen molar-refractivity contribution in [2.45, 2.75) is 40.5 Å². The molecule has 0 N–H and O–H groups in total. The fraction of sp³-hybridized carbons (Fsp3) is 1.00. The minimum absolute atomic E-state index is 0.355. The Kier molecular flexibility index (Phi) is 5.34. The van der Waals surface area contributed by atoms with Gasteiger partial charge in [0.2, 0.25) is 0 Å². The molecule has 1 unspecified atom stereocenters. The second-order valence-electron chi connectivity index (χ2n) is 4.61. The summed E-state index contributed by atoms with van der Waals surface area (Å²) in [5.41, 5.74) is 0.546. The molecule has 68 valence electrons. The Bertz CT molecular complexity index is 91.5. The molecule has 0 aromatic rings. The Morgan fingerprint density at radius 3 is 2.00 bits per heavy atom. The fourth-order valence-corrected chi connectivity index (χ4v) is 3.06. The van der Waals surface area contributed by atoms with E-state index in [1.807, 2.05) is 0 Å². The highest BCUT2D eigenvalue weighted by molar-refractivity contribution is 7.56. The van der Waals surface area contributed by atoms with E-state index in [0.717, 1.165) is 0 Å². The van der Waals surface area contributed by atoms with E-state index in [4.69, 9.17) is 0 Å². The molecule has 0 amide bonds. The molecule has 0 aliphatic rings. The standard InChI is InChI=1S/C10H23P/c1-6-8-11(5)9-7-10(2,3)4/h6-9H2,1-5H3. The van der Waals surface area contributed by atoms with E-state index in [9.17, 15) is 0 Å². The summed E-state index contributed by atoms with van der Waals surface area (Å²) < 4.78 is 0. The average Bonchev–Trinajstić information content (AvgIpc) is 1.83. The van der Waals surface area contributed by atoms with Crippen LogP contribution in [0, 0.1) is 5.41 Å². The lowest BCUT2D eigenvalue weighted by molar-refractivity contribution is 0.400. The Morgan fingerprint density at radius 2 is 1.64 bits per heavy atom. The molecule has 0 aliphatic heterocycles. The summed E-state index contributed by atoms with van der Waals surface area (Å²) >= 11 is 0. The van der Waals surface area contributed by atoms with Crippen molar-refractivity contribution in [2.75, 3.05) is 19.0 Å². The maximum atomic E-state index is 2.44. The second kappa shape index (κ2) is 5.14. The van der Waals surface area contributed by atoms with Crippen LogP contribution < -0.4 is 0 Å². The van der Waals surface area contributed by atoms with Crippen LogP contribution in [0.1, 0.15) is 40.5 Å². The monoisotopic (exact) mass is 174 g/mol. The first-order valence-electron chi connectivity index (χ1n) is 4.64. The van der Waals surface area contributed by atoms with Crippen LogP contribution >= 0.6 is 7.92 Å². The lowest BCUT2D eigenvalue weighted by atomic mass is 9.94. The van der Waals surface area contributed by atoms with Gasteiger partial charge >= 0.3 is 0 Å². The Morgan fingerprint density at radius 1 is 1.09 bits per heavy atom. The van der Waals surface area contributed by atoms with Gasteiger partial charge in [0, 0.05) is 0 Å². The van der Waals surface area contributed by atoms with Gasteiger partial charge in [-0.1, -0.05) is 34.1 Å². The van der Waals surface area contributed by atoms with E-state index in [1.54, 1.807) is 0 Å². The summed E-state index contributed by atoms with van der Waals surface area (Å²) in [6.07, 6.45) is 5.69. The number of hydrogen-bond acceptors (Lipinski definition) is 0. The third-order valence-electron chi connectivity index (χ3n) is 1.85. The molecule has 0 saturated carbocycles. The smallest absolute Gasteiger partial charge is 0.0323 e. The van der Waals surface area contributed by atoms with Crippen molar-refractivity contribution in [3.05, 3.63) is 0 Å². The van der Waals surface area contributed by atoms with Crippen LogP contribution in [0.25, 0.3) is 0 Å². The van der Waals surface area contributed by atoms with Crippen LogP contribution in [-0.2, 0) is 0 Å². The highest BCUT2D eigenvalue weighted by atomic mass is 31.1. The van der Waals surface area contributed by atoms with Crippen molar-refractivity contribution in [3.63, 3.8) is 0 Å². The van der Waals surface area contributed by atoms with Gasteiger partial charge in [-0.25, -0.2) is 0 Å². The molecule has 0 bridgehead atoms. The zero-order valence-electron chi connectivity index (χ0n) is 8.78. The van der Waals surface area contributed by atoms with Gasteiger partial charge < -0.3 is 0 Å². The minimum Gasteiger partial charge on any atom is -0.110 e. The molecule has 0 aromatic heterocycles. The third-order valence-corrected chi connectivity index (χ3v) is 4.05. The molecule has 0 nitrogen and oxygen atoms in total. The van der Waals surface area contributed by atoms with Crippen molar-refractivity contribution >= 4 is 7.92 Å². The van der Waals surface area contributed by atoms with Gasteiger partial charge in [0.05, 0.1) is 0 Å². The highest BCUT2D eigenvalue weighted by Gasteiger charge is 2.11. The van der Waals surface area contributed by atoms with E-state index in [1.165, 1.54) is 25.2 Å². The molecule has 0 spiro atoms. The van der Waals surface area contributed by atoms with E-state index in [-0.39, 0.29) is 0 Å². The quantitative estimate of drug-likeness (QED) is 0.566. The third kappa shape index (κ3) is 8.34. The molecule has 0 fully saturated rings. The van der Waals surface area contributed by atoms with Crippen LogP contribution in [0.2, 0.25) is 0 Å². The van der Waals surface area contributed by atoms with Gasteiger partial charge in [0.15, 0.2) is 0 Å². The Balaban J connectivity index is 3.38. The first-order chi connectivity index (χ1) is 4.95. The summed E-state index contributed by atoms with van der Waals surface area (Å²) in [5.74, 6) is 0. The SMILES string of the molecule is CCCP(C)CCC(C)(C)C. The molecule has 0 aliphatic carbocycles. The molecule has 11 heavy (non-hydrogen) atoms. The normalized spacial score (nSPS) is 15.0. The van der Waals surface area contributed by atoms with Crippen molar-refractivity contribution in [1.82, 2.24) is 0 Å². The van der Waals surface area contributed by atoms with Crippen LogP contribution in [0.4, 0.5) is 0 Å². The summed E-state index contributed by atoms with van der Waals surface area (Å²) in [6.45, 7) is 11.7.